The van der Waals surface area contributed by atoms with E-state index in [1.807, 2.05) is 24.3 Å². The lowest BCUT2D eigenvalue weighted by Crippen LogP contribution is -2.01. The van der Waals surface area contributed by atoms with Gasteiger partial charge in [0.25, 0.3) is 0 Å². The smallest absolute Gasteiger partial charge is 0.130 e. The topological polar surface area (TPSA) is 29.5 Å². The molecule has 0 fully saturated rings. The summed E-state index contributed by atoms with van der Waals surface area (Å²) in [6.45, 7) is 0. The molecular weight excluding hydrogens is 200 g/mol. The minimum Gasteiger partial charge on any atom is -0.457 e. The third kappa shape index (κ3) is 1.92. The van der Waals surface area contributed by atoms with Gasteiger partial charge in [-0.25, -0.2) is 0 Å². The Bertz CT molecular complexity index is 390. The van der Waals surface area contributed by atoms with Crippen molar-refractivity contribution in [3.63, 3.8) is 0 Å². The molecule has 1 aliphatic rings. The summed E-state index contributed by atoms with van der Waals surface area (Å²) < 4.78 is 5.78. The molecule has 0 aromatic heterocycles. The maximum Gasteiger partial charge on any atom is 0.130 e. The quantitative estimate of drug-likeness (QED) is 0.623. The summed E-state index contributed by atoms with van der Waals surface area (Å²) in [5.41, 5.74) is 2.54. The van der Waals surface area contributed by atoms with Crippen LogP contribution in [0, 0.1) is 0 Å². The average molecular weight is 214 g/mol. The molecule has 16 heavy (non-hydrogen) atoms. The van der Waals surface area contributed by atoms with Crippen LogP contribution >= 0.6 is 0 Å². The Hall–Kier alpha value is -1.80. The second kappa shape index (κ2) is 4.81. The van der Waals surface area contributed by atoms with E-state index >= 15 is 0 Å². The van der Waals surface area contributed by atoms with E-state index in [9.17, 15) is 0 Å². The first kappa shape index (κ1) is 10.7. The lowest BCUT2D eigenvalue weighted by Gasteiger charge is -2.19. The number of rotatable bonds is 0. The lowest BCUT2D eigenvalue weighted by molar-refractivity contribution is 0.399. The van der Waals surface area contributed by atoms with Gasteiger partial charge in [0.1, 0.15) is 11.5 Å². The third-order valence-corrected chi connectivity index (χ3v) is 2.55. The second-order valence-electron chi connectivity index (χ2n) is 3.49. The largest absolute Gasteiger partial charge is 0.457 e. The molecule has 2 aromatic carbocycles. The van der Waals surface area contributed by atoms with Crippen LogP contribution in [0.1, 0.15) is 11.1 Å². The minimum absolute atomic E-state index is 0.979. The zero-order valence-corrected chi connectivity index (χ0v) is 9.18. The highest BCUT2D eigenvalue weighted by Crippen LogP contribution is 2.35. The molecule has 0 radical (unpaired) electrons. The van der Waals surface area contributed by atoms with E-state index in [0.717, 1.165) is 25.0 Å². The molecule has 0 saturated heterocycles. The van der Waals surface area contributed by atoms with Crippen LogP contribution in [-0.4, -0.2) is 12.2 Å². The molecule has 0 aliphatic carbocycles. The molecule has 1 heterocycles. The highest BCUT2D eigenvalue weighted by molar-refractivity contribution is 5.49. The first-order valence-corrected chi connectivity index (χ1v) is 5.22. The average Bonchev–Trinajstić information content (AvgIpc) is 2.38. The van der Waals surface area contributed by atoms with E-state index in [1.54, 1.807) is 0 Å². The second-order valence-corrected chi connectivity index (χ2v) is 3.49. The Morgan fingerprint density at radius 2 is 1.25 bits per heavy atom. The fourth-order valence-electron chi connectivity index (χ4n) is 1.82. The van der Waals surface area contributed by atoms with Crippen LogP contribution in [0.5, 0.6) is 11.5 Å². The third-order valence-electron chi connectivity index (χ3n) is 2.55. The van der Waals surface area contributed by atoms with Crippen molar-refractivity contribution < 1.29 is 9.84 Å². The van der Waals surface area contributed by atoms with Gasteiger partial charge in [-0.1, -0.05) is 36.4 Å². The van der Waals surface area contributed by atoms with Crippen LogP contribution in [0.3, 0.4) is 0 Å². The van der Waals surface area contributed by atoms with Crippen LogP contribution < -0.4 is 4.74 Å². The number of ether oxygens (including phenoxy) is 1. The Kier molecular flexibility index (Phi) is 3.22. The summed E-state index contributed by atoms with van der Waals surface area (Å²) in [7, 11) is 1.00. The van der Waals surface area contributed by atoms with E-state index in [1.165, 1.54) is 11.1 Å². The molecule has 82 valence electrons. The maximum absolute atomic E-state index is 7.00. The number of fused-ring (bicyclic) bond motifs is 2. The Morgan fingerprint density at radius 3 is 1.75 bits per heavy atom. The number of hydrogen-bond donors (Lipinski definition) is 1. The van der Waals surface area contributed by atoms with Gasteiger partial charge in [-0.05, 0) is 23.3 Å². The van der Waals surface area contributed by atoms with Crippen LogP contribution in [-0.2, 0) is 6.42 Å². The molecular formula is C14H14O2. The lowest BCUT2D eigenvalue weighted by atomic mass is 10.0. The fourth-order valence-corrected chi connectivity index (χ4v) is 1.82. The van der Waals surface area contributed by atoms with Gasteiger partial charge in [0, 0.05) is 13.5 Å². The summed E-state index contributed by atoms with van der Waals surface area (Å²) in [6, 6.07) is 16.4. The van der Waals surface area contributed by atoms with Crippen molar-refractivity contribution in [2.75, 3.05) is 7.11 Å². The maximum atomic E-state index is 7.00. The number of hydrogen-bond acceptors (Lipinski definition) is 2. The summed E-state index contributed by atoms with van der Waals surface area (Å²) in [4.78, 5) is 0. The van der Waals surface area contributed by atoms with Crippen molar-refractivity contribution in [1.82, 2.24) is 0 Å². The van der Waals surface area contributed by atoms with Crippen LogP contribution in [0.15, 0.2) is 48.5 Å². The van der Waals surface area contributed by atoms with Gasteiger partial charge in [0.2, 0.25) is 0 Å². The van der Waals surface area contributed by atoms with Crippen molar-refractivity contribution >= 4 is 0 Å². The SMILES string of the molecule is CO.c1ccc2c(c1)Cc1ccccc1O2. The van der Waals surface area contributed by atoms with E-state index < -0.39 is 0 Å². The molecule has 1 aliphatic heterocycles. The molecule has 0 unspecified atom stereocenters. The molecule has 2 nitrogen and oxygen atoms in total. The standard InChI is InChI=1S/C13H10O.CH4O/c1-3-7-12-10(5-1)9-11-6-2-4-8-13(11)14-12;1-2/h1-8H,9H2;2H,1H3. The van der Waals surface area contributed by atoms with Crippen molar-refractivity contribution in [3.8, 4) is 11.5 Å². The summed E-state index contributed by atoms with van der Waals surface area (Å²) in [5, 5.41) is 7.00. The minimum atomic E-state index is 0.979. The van der Waals surface area contributed by atoms with Crippen molar-refractivity contribution in [2.24, 2.45) is 0 Å². The van der Waals surface area contributed by atoms with E-state index in [4.69, 9.17) is 9.84 Å². The summed E-state index contributed by atoms with van der Waals surface area (Å²) in [6.07, 6.45) is 0.979. The van der Waals surface area contributed by atoms with Gasteiger partial charge < -0.3 is 9.84 Å². The van der Waals surface area contributed by atoms with E-state index in [2.05, 4.69) is 24.3 Å². The normalized spacial score (nSPS) is 11.4. The van der Waals surface area contributed by atoms with Gasteiger partial charge in [0.15, 0.2) is 0 Å². The monoisotopic (exact) mass is 214 g/mol. The number of para-hydroxylation sites is 2. The van der Waals surface area contributed by atoms with Gasteiger partial charge in [-0.15, -0.1) is 0 Å². The molecule has 2 aromatic rings. The highest BCUT2D eigenvalue weighted by atomic mass is 16.5. The first-order chi connectivity index (χ1) is 7.93. The fraction of sp³-hybridized carbons (Fsp3) is 0.143. The Labute approximate surface area is 95.1 Å². The molecule has 0 saturated carbocycles. The zero-order valence-electron chi connectivity index (χ0n) is 9.18. The van der Waals surface area contributed by atoms with E-state index in [-0.39, 0.29) is 0 Å². The van der Waals surface area contributed by atoms with E-state index in [0.29, 0.717) is 0 Å². The first-order valence-electron chi connectivity index (χ1n) is 5.22. The van der Waals surface area contributed by atoms with Crippen molar-refractivity contribution in [2.45, 2.75) is 6.42 Å². The van der Waals surface area contributed by atoms with Gasteiger partial charge in [-0.2, -0.15) is 0 Å². The Balaban J connectivity index is 0.000000457. The van der Waals surface area contributed by atoms with Gasteiger partial charge in [0.05, 0.1) is 0 Å². The zero-order chi connectivity index (χ0) is 11.4. The van der Waals surface area contributed by atoms with Gasteiger partial charge in [-0.3, -0.25) is 0 Å². The van der Waals surface area contributed by atoms with Crippen LogP contribution in [0.25, 0.3) is 0 Å². The van der Waals surface area contributed by atoms with Gasteiger partial charge >= 0.3 is 0 Å². The molecule has 0 atom stereocenters. The van der Waals surface area contributed by atoms with Crippen LogP contribution in [0.4, 0.5) is 0 Å². The molecule has 1 N–H and O–H groups in total. The summed E-state index contributed by atoms with van der Waals surface area (Å²) in [5.74, 6) is 1.98. The molecule has 0 bridgehead atoms. The molecule has 0 spiro atoms. The van der Waals surface area contributed by atoms with Crippen LogP contribution in [0.2, 0.25) is 0 Å². The molecule has 3 rings (SSSR count). The number of aliphatic hydroxyl groups is 1. The number of aliphatic hydroxyl groups excluding tert-OH is 1. The molecule has 0 amide bonds. The predicted molar refractivity (Wildman–Crippen MR) is 63.9 cm³/mol. The number of benzene rings is 2. The summed E-state index contributed by atoms with van der Waals surface area (Å²) >= 11 is 0. The molecule has 2 heteroatoms. The highest BCUT2D eigenvalue weighted by Gasteiger charge is 2.14. The predicted octanol–water partition coefficient (Wildman–Crippen LogP) is 2.99. The van der Waals surface area contributed by atoms with Crippen molar-refractivity contribution in [3.05, 3.63) is 59.7 Å². The van der Waals surface area contributed by atoms with Crippen molar-refractivity contribution in [1.29, 1.82) is 0 Å². The Morgan fingerprint density at radius 1 is 0.812 bits per heavy atom.